The van der Waals surface area contributed by atoms with E-state index >= 15 is 0 Å². The van der Waals surface area contributed by atoms with Crippen molar-refractivity contribution < 1.29 is 0 Å². The number of benzene rings is 2. The van der Waals surface area contributed by atoms with Crippen LogP contribution in [0.15, 0.2) is 57.9 Å². The molecule has 1 heterocycles. The summed E-state index contributed by atoms with van der Waals surface area (Å²) in [5.74, 6) is 2.22. The van der Waals surface area contributed by atoms with E-state index in [4.69, 9.17) is 5.73 Å². The highest BCUT2D eigenvalue weighted by molar-refractivity contribution is 9.10. The van der Waals surface area contributed by atoms with Crippen molar-refractivity contribution in [3.63, 3.8) is 0 Å². The Morgan fingerprint density at radius 2 is 1.90 bits per heavy atom. The lowest BCUT2D eigenvalue weighted by Gasteiger charge is -2.21. The molecule has 0 aliphatic carbocycles. The fourth-order valence-electron chi connectivity index (χ4n) is 2.92. The number of fused-ring (bicyclic) bond motifs is 1. The first-order valence-corrected chi connectivity index (χ1v) is 8.73. The van der Waals surface area contributed by atoms with Gasteiger partial charge in [0.05, 0.1) is 0 Å². The first kappa shape index (κ1) is 14.2. The van der Waals surface area contributed by atoms with Crippen LogP contribution in [0.25, 0.3) is 0 Å². The zero-order valence-electron chi connectivity index (χ0n) is 11.3. The lowest BCUT2D eigenvalue weighted by molar-refractivity contribution is 0.569. The molecule has 0 saturated heterocycles. The zero-order chi connectivity index (χ0) is 13.9. The zero-order valence-corrected chi connectivity index (χ0v) is 13.7. The van der Waals surface area contributed by atoms with Crippen LogP contribution in [-0.4, -0.2) is 12.3 Å². The Balaban J connectivity index is 1.82. The molecule has 0 spiro atoms. The molecule has 2 atom stereocenters. The summed E-state index contributed by atoms with van der Waals surface area (Å²) in [5, 5.41) is 0. The summed E-state index contributed by atoms with van der Waals surface area (Å²) in [7, 11) is 0. The average molecular weight is 348 g/mol. The van der Waals surface area contributed by atoms with Crippen molar-refractivity contribution in [2.45, 2.75) is 23.2 Å². The smallest absolute Gasteiger partial charge is 0.0210 e. The van der Waals surface area contributed by atoms with E-state index in [0.717, 1.165) is 6.42 Å². The Hall–Kier alpha value is -0.770. The highest BCUT2D eigenvalue weighted by atomic mass is 79.9. The van der Waals surface area contributed by atoms with Gasteiger partial charge in [-0.1, -0.05) is 52.3 Å². The Morgan fingerprint density at radius 1 is 1.15 bits per heavy atom. The third-order valence-corrected chi connectivity index (χ3v) is 5.97. The van der Waals surface area contributed by atoms with Crippen LogP contribution in [0.5, 0.6) is 0 Å². The van der Waals surface area contributed by atoms with Gasteiger partial charge in [0.1, 0.15) is 0 Å². The molecule has 20 heavy (non-hydrogen) atoms. The van der Waals surface area contributed by atoms with Crippen molar-refractivity contribution in [1.82, 2.24) is 0 Å². The minimum atomic E-state index is 0.419. The van der Waals surface area contributed by atoms with E-state index in [1.165, 1.54) is 26.2 Å². The molecule has 1 aliphatic rings. The Morgan fingerprint density at radius 3 is 2.70 bits per heavy atom. The van der Waals surface area contributed by atoms with Gasteiger partial charge in [0.2, 0.25) is 0 Å². The summed E-state index contributed by atoms with van der Waals surface area (Å²) in [6.45, 7) is 0.700. The largest absolute Gasteiger partial charge is 0.330 e. The molecule has 2 unspecified atom stereocenters. The minimum absolute atomic E-state index is 0.419. The third kappa shape index (κ3) is 2.80. The summed E-state index contributed by atoms with van der Waals surface area (Å²) in [5.41, 5.74) is 8.88. The van der Waals surface area contributed by atoms with Crippen molar-refractivity contribution in [2.75, 3.05) is 12.3 Å². The van der Waals surface area contributed by atoms with Gasteiger partial charge in [0.15, 0.2) is 0 Å². The second-order valence-corrected chi connectivity index (χ2v) is 7.15. The second-order valence-electron chi connectivity index (χ2n) is 5.24. The van der Waals surface area contributed by atoms with Crippen LogP contribution in [0.2, 0.25) is 0 Å². The Labute approximate surface area is 133 Å². The van der Waals surface area contributed by atoms with E-state index in [2.05, 4.69) is 64.5 Å². The molecule has 104 valence electrons. The van der Waals surface area contributed by atoms with Crippen molar-refractivity contribution in [3.8, 4) is 0 Å². The van der Waals surface area contributed by atoms with Crippen LogP contribution in [0.3, 0.4) is 0 Å². The van der Waals surface area contributed by atoms with Gasteiger partial charge in [0.25, 0.3) is 0 Å². The average Bonchev–Trinajstić information content (AvgIpc) is 2.89. The molecule has 0 fully saturated rings. The van der Waals surface area contributed by atoms with Crippen molar-refractivity contribution in [1.29, 1.82) is 0 Å². The fourth-order valence-corrected chi connectivity index (χ4v) is 4.81. The van der Waals surface area contributed by atoms with Crippen molar-refractivity contribution >= 4 is 27.7 Å². The van der Waals surface area contributed by atoms with Crippen LogP contribution >= 0.6 is 27.7 Å². The van der Waals surface area contributed by atoms with Crippen molar-refractivity contribution in [3.05, 3.63) is 64.1 Å². The topological polar surface area (TPSA) is 26.0 Å². The molecule has 2 aromatic carbocycles. The molecule has 0 saturated carbocycles. The molecule has 3 heteroatoms. The highest BCUT2D eigenvalue weighted by Crippen LogP contribution is 2.44. The van der Waals surface area contributed by atoms with E-state index in [0.29, 0.717) is 18.4 Å². The molecule has 0 amide bonds. The molecule has 1 nitrogen and oxygen atoms in total. The molecule has 1 aliphatic heterocycles. The number of halogens is 1. The first-order chi connectivity index (χ1) is 9.79. The number of nitrogens with two attached hydrogens (primary N) is 1. The van der Waals surface area contributed by atoms with E-state index < -0.39 is 0 Å². The number of rotatable bonds is 4. The predicted octanol–water partition coefficient (Wildman–Crippen LogP) is 4.77. The lowest BCUT2D eigenvalue weighted by Crippen LogP contribution is -2.16. The Kier molecular flexibility index (Phi) is 4.49. The predicted molar refractivity (Wildman–Crippen MR) is 90.5 cm³/mol. The van der Waals surface area contributed by atoms with Gasteiger partial charge in [-0.05, 0) is 48.1 Å². The second kappa shape index (κ2) is 6.33. The number of hydrogen-bond acceptors (Lipinski definition) is 2. The number of hydrogen-bond donors (Lipinski definition) is 1. The van der Waals surface area contributed by atoms with Crippen LogP contribution in [-0.2, 0) is 0 Å². The lowest BCUT2D eigenvalue weighted by atomic mass is 9.86. The maximum absolute atomic E-state index is 6.04. The molecule has 0 bridgehead atoms. The fraction of sp³-hybridized carbons (Fsp3) is 0.294. The molecule has 3 rings (SSSR count). The van der Waals surface area contributed by atoms with Crippen LogP contribution in [0.1, 0.15) is 29.4 Å². The van der Waals surface area contributed by atoms with E-state index in [9.17, 15) is 0 Å². The summed E-state index contributed by atoms with van der Waals surface area (Å²) in [6, 6.07) is 17.2. The maximum Gasteiger partial charge on any atom is 0.0210 e. The molecule has 2 N–H and O–H groups in total. The van der Waals surface area contributed by atoms with Gasteiger partial charge in [-0.25, -0.2) is 0 Å². The van der Waals surface area contributed by atoms with Gasteiger partial charge in [0, 0.05) is 15.1 Å². The van der Waals surface area contributed by atoms with Crippen LogP contribution in [0, 0.1) is 0 Å². The van der Waals surface area contributed by atoms with Gasteiger partial charge in [-0.3, -0.25) is 0 Å². The normalized spacial score (nSPS) is 18.8. The summed E-state index contributed by atoms with van der Waals surface area (Å²) < 4.78 is 1.18. The molecule has 0 aromatic heterocycles. The summed E-state index contributed by atoms with van der Waals surface area (Å²) >= 11 is 5.63. The van der Waals surface area contributed by atoms with Gasteiger partial charge >= 0.3 is 0 Å². The Bertz CT molecular complexity index is 599. The molecular weight excluding hydrogens is 330 g/mol. The first-order valence-electron chi connectivity index (χ1n) is 6.96. The summed E-state index contributed by atoms with van der Waals surface area (Å²) in [4.78, 5) is 1.44. The third-order valence-electron chi connectivity index (χ3n) is 4.00. The van der Waals surface area contributed by atoms with Gasteiger partial charge in [-0.2, -0.15) is 0 Å². The summed E-state index contributed by atoms with van der Waals surface area (Å²) in [6.07, 6.45) is 1.13. The van der Waals surface area contributed by atoms with E-state index in [1.54, 1.807) is 0 Å². The van der Waals surface area contributed by atoms with Crippen LogP contribution in [0.4, 0.5) is 0 Å². The highest BCUT2D eigenvalue weighted by Gasteiger charge is 2.26. The van der Waals surface area contributed by atoms with Crippen molar-refractivity contribution in [2.24, 2.45) is 5.73 Å². The van der Waals surface area contributed by atoms with Gasteiger partial charge < -0.3 is 5.73 Å². The standard InChI is InChI=1S/C17H18BrNS/c18-16-7-3-1-5-14(16)12(10-19)9-13-11-20-17-8-4-2-6-15(13)17/h1-8,12-13H,9-11,19H2. The maximum atomic E-state index is 6.04. The van der Waals surface area contributed by atoms with E-state index in [-0.39, 0.29) is 0 Å². The SMILES string of the molecule is NCC(CC1CSc2ccccc21)c1ccccc1Br. The van der Waals surface area contributed by atoms with Gasteiger partial charge in [-0.15, -0.1) is 11.8 Å². The minimum Gasteiger partial charge on any atom is -0.330 e. The monoisotopic (exact) mass is 347 g/mol. The van der Waals surface area contributed by atoms with E-state index in [1.807, 2.05) is 11.8 Å². The molecule has 2 aromatic rings. The molecule has 0 radical (unpaired) electrons. The quantitative estimate of drug-likeness (QED) is 0.861. The van der Waals surface area contributed by atoms with Crippen LogP contribution < -0.4 is 5.73 Å². The molecular formula is C17H18BrNS. The number of thioether (sulfide) groups is 1.